The van der Waals surface area contributed by atoms with Crippen molar-refractivity contribution in [2.24, 2.45) is 0 Å². The normalized spacial score (nSPS) is 15.8. The highest BCUT2D eigenvalue weighted by Crippen LogP contribution is 2.14. The van der Waals surface area contributed by atoms with Gasteiger partial charge in [-0.1, -0.05) is 48.0 Å². The van der Waals surface area contributed by atoms with Gasteiger partial charge in [0.25, 0.3) is 0 Å². The lowest BCUT2D eigenvalue weighted by atomic mass is 10.1. The number of hydrogen-bond donors (Lipinski definition) is 1. The predicted octanol–water partition coefficient (Wildman–Crippen LogP) is 3.08. The molecule has 138 valence electrons. The van der Waals surface area contributed by atoms with E-state index in [1.54, 1.807) is 0 Å². The Labute approximate surface area is 160 Å². The van der Waals surface area contributed by atoms with Crippen LogP contribution in [0.25, 0.3) is 0 Å². The molecule has 0 saturated carbocycles. The second-order valence-corrected chi connectivity index (χ2v) is 7.32. The van der Waals surface area contributed by atoms with Crippen molar-refractivity contribution < 1.29 is 4.79 Å². The van der Waals surface area contributed by atoms with E-state index < -0.39 is 0 Å². The molecule has 0 unspecified atom stereocenters. The minimum Gasteiger partial charge on any atom is -0.351 e. The number of rotatable bonds is 6. The van der Waals surface area contributed by atoms with Gasteiger partial charge in [0, 0.05) is 44.3 Å². The zero-order chi connectivity index (χ0) is 18.4. The number of carbonyl (C=O) groups is 1. The fourth-order valence-electron chi connectivity index (χ4n) is 3.26. The highest BCUT2D eigenvalue weighted by atomic mass is 35.5. The SMILES string of the molecule is Cc1ccccc1CNC(=O)CN1CCN(Cc2cccc(Cl)c2)CC1. The van der Waals surface area contributed by atoms with Crippen LogP contribution in [0.15, 0.2) is 48.5 Å². The smallest absolute Gasteiger partial charge is 0.234 e. The van der Waals surface area contributed by atoms with Crippen LogP contribution in [0.2, 0.25) is 5.02 Å². The van der Waals surface area contributed by atoms with Crippen molar-refractivity contribution in [2.75, 3.05) is 32.7 Å². The monoisotopic (exact) mass is 371 g/mol. The number of nitrogens with one attached hydrogen (secondary N) is 1. The summed E-state index contributed by atoms with van der Waals surface area (Å²) in [6.45, 7) is 7.82. The Morgan fingerprint density at radius 1 is 1.04 bits per heavy atom. The molecule has 0 radical (unpaired) electrons. The quantitative estimate of drug-likeness (QED) is 0.847. The van der Waals surface area contributed by atoms with E-state index in [-0.39, 0.29) is 5.91 Å². The van der Waals surface area contributed by atoms with Crippen molar-refractivity contribution in [3.8, 4) is 0 Å². The second kappa shape index (κ2) is 9.17. The summed E-state index contributed by atoms with van der Waals surface area (Å²) >= 11 is 6.06. The van der Waals surface area contributed by atoms with Gasteiger partial charge >= 0.3 is 0 Å². The summed E-state index contributed by atoms with van der Waals surface area (Å²) in [6, 6.07) is 16.2. The lowest BCUT2D eigenvalue weighted by Gasteiger charge is -2.34. The lowest BCUT2D eigenvalue weighted by molar-refractivity contribution is -0.122. The van der Waals surface area contributed by atoms with E-state index in [1.807, 2.05) is 30.3 Å². The molecule has 4 nitrogen and oxygen atoms in total. The number of piperazine rings is 1. The van der Waals surface area contributed by atoms with Gasteiger partial charge in [0.1, 0.15) is 0 Å². The van der Waals surface area contributed by atoms with E-state index in [9.17, 15) is 4.79 Å². The fourth-order valence-corrected chi connectivity index (χ4v) is 3.47. The van der Waals surface area contributed by atoms with E-state index in [1.165, 1.54) is 16.7 Å². The summed E-state index contributed by atoms with van der Waals surface area (Å²) in [4.78, 5) is 16.9. The molecule has 1 aliphatic rings. The largest absolute Gasteiger partial charge is 0.351 e. The van der Waals surface area contributed by atoms with Crippen LogP contribution in [0, 0.1) is 6.92 Å². The second-order valence-electron chi connectivity index (χ2n) is 6.89. The molecule has 1 heterocycles. The van der Waals surface area contributed by atoms with E-state index in [2.05, 4.69) is 40.2 Å². The number of benzene rings is 2. The Hall–Kier alpha value is -1.88. The standard InChI is InChI=1S/C21H26ClN3O/c1-17-5-2-3-7-19(17)14-23-21(26)16-25-11-9-24(10-12-25)15-18-6-4-8-20(22)13-18/h2-8,13H,9-12,14-16H2,1H3,(H,23,26). The van der Waals surface area contributed by atoms with E-state index >= 15 is 0 Å². The zero-order valence-electron chi connectivity index (χ0n) is 15.2. The predicted molar refractivity (Wildman–Crippen MR) is 106 cm³/mol. The van der Waals surface area contributed by atoms with Crippen LogP contribution in [0.4, 0.5) is 0 Å². The van der Waals surface area contributed by atoms with Gasteiger partial charge in [-0.2, -0.15) is 0 Å². The van der Waals surface area contributed by atoms with Crippen molar-refractivity contribution in [3.05, 3.63) is 70.2 Å². The summed E-state index contributed by atoms with van der Waals surface area (Å²) in [7, 11) is 0. The summed E-state index contributed by atoms with van der Waals surface area (Å²) < 4.78 is 0. The van der Waals surface area contributed by atoms with Gasteiger partial charge < -0.3 is 5.32 Å². The summed E-state index contributed by atoms with van der Waals surface area (Å²) in [5.41, 5.74) is 3.62. The van der Waals surface area contributed by atoms with Crippen LogP contribution in [-0.2, 0) is 17.9 Å². The highest BCUT2D eigenvalue weighted by Gasteiger charge is 2.19. The molecular formula is C21H26ClN3O. The first-order valence-electron chi connectivity index (χ1n) is 9.10. The number of halogens is 1. The number of hydrogen-bond acceptors (Lipinski definition) is 3. The molecule has 0 bridgehead atoms. The third-order valence-corrected chi connectivity index (χ3v) is 5.10. The third-order valence-electron chi connectivity index (χ3n) is 4.86. The molecule has 2 aromatic rings. The zero-order valence-corrected chi connectivity index (χ0v) is 16.0. The van der Waals surface area contributed by atoms with Crippen LogP contribution in [0.5, 0.6) is 0 Å². The number of aryl methyl sites for hydroxylation is 1. The first-order chi connectivity index (χ1) is 12.6. The average molecular weight is 372 g/mol. The Kier molecular flexibility index (Phi) is 6.67. The number of nitrogens with zero attached hydrogens (tertiary/aromatic N) is 2. The van der Waals surface area contributed by atoms with Crippen LogP contribution >= 0.6 is 11.6 Å². The van der Waals surface area contributed by atoms with Gasteiger partial charge in [-0.15, -0.1) is 0 Å². The van der Waals surface area contributed by atoms with E-state index in [4.69, 9.17) is 11.6 Å². The third kappa shape index (κ3) is 5.56. The van der Waals surface area contributed by atoms with Crippen molar-refractivity contribution >= 4 is 17.5 Å². The van der Waals surface area contributed by atoms with Crippen LogP contribution < -0.4 is 5.32 Å². The molecule has 3 rings (SSSR count). The number of carbonyl (C=O) groups excluding carboxylic acids is 1. The Balaban J connectivity index is 1.39. The van der Waals surface area contributed by atoms with Gasteiger partial charge in [-0.05, 0) is 35.7 Å². The molecule has 5 heteroatoms. The molecule has 0 aromatic heterocycles. The van der Waals surface area contributed by atoms with Crippen molar-refractivity contribution in [2.45, 2.75) is 20.0 Å². The van der Waals surface area contributed by atoms with E-state index in [0.29, 0.717) is 13.1 Å². The molecule has 0 atom stereocenters. The van der Waals surface area contributed by atoms with Crippen LogP contribution in [0.1, 0.15) is 16.7 Å². The summed E-state index contributed by atoms with van der Waals surface area (Å²) in [5, 5.41) is 3.82. The summed E-state index contributed by atoms with van der Waals surface area (Å²) in [6.07, 6.45) is 0. The molecule has 1 saturated heterocycles. The maximum atomic E-state index is 12.2. The van der Waals surface area contributed by atoms with Gasteiger partial charge in [0.15, 0.2) is 0 Å². The molecule has 1 fully saturated rings. The minimum atomic E-state index is 0.0940. The first kappa shape index (κ1) is 18.9. The molecule has 1 amide bonds. The average Bonchev–Trinajstić information content (AvgIpc) is 2.63. The molecule has 26 heavy (non-hydrogen) atoms. The molecule has 2 aromatic carbocycles. The Morgan fingerprint density at radius 2 is 1.77 bits per heavy atom. The maximum Gasteiger partial charge on any atom is 0.234 e. The number of amides is 1. The highest BCUT2D eigenvalue weighted by molar-refractivity contribution is 6.30. The van der Waals surface area contributed by atoms with Gasteiger partial charge in [-0.3, -0.25) is 14.6 Å². The topological polar surface area (TPSA) is 35.6 Å². The van der Waals surface area contributed by atoms with Crippen LogP contribution in [0.3, 0.4) is 0 Å². The first-order valence-corrected chi connectivity index (χ1v) is 9.48. The molecule has 1 N–H and O–H groups in total. The van der Waals surface area contributed by atoms with E-state index in [0.717, 1.165) is 37.7 Å². The molecular weight excluding hydrogens is 346 g/mol. The molecule has 0 spiro atoms. The van der Waals surface area contributed by atoms with Crippen molar-refractivity contribution in [3.63, 3.8) is 0 Å². The minimum absolute atomic E-state index is 0.0940. The Morgan fingerprint density at radius 3 is 2.50 bits per heavy atom. The Bertz CT molecular complexity index is 742. The van der Waals surface area contributed by atoms with Crippen molar-refractivity contribution in [1.82, 2.24) is 15.1 Å². The van der Waals surface area contributed by atoms with Gasteiger partial charge in [0.05, 0.1) is 6.54 Å². The summed E-state index contributed by atoms with van der Waals surface area (Å²) in [5.74, 6) is 0.0940. The fraction of sp³-hybridized carbons (Fsp3) is 0.381. The van der Waals surface area contributed by atoms with Gasteiger partial charge in [0.2, 0.25) is 5.91 Å². The molecule has 0 aliphatic carbocycles. The van der Waals surface area contributed by atoms with Crippen molar-refractivity contribution in [1.29, 1.82) is 0 Å². The molecule has 1 aliphatic heterocycles. The lowest BCUT2D eigenvalue weighted by Crippen LogP contribution is -2.49. The van der Waals surface area contributed by atoms with Crippen LogP contribution in [-0.4, -0.2) is 48.4 Å². The van der Waals surface area contributed by atoms with Gasteiger partial charge in [-0.25, -0.2) is 0 Å². The maximum absolute atomic E-state index is 12.2.